The van der Waals surface area contributed by atoms with Crippen molar-refractivity contribution in [3.8, 4) is 0 Å². The molecule has 1 aromatic carbocycles. The highest BCUT2D eigenvalue weighted by molar-refractivity contribution is 6.04. The Hall–Kier alpha value is -2.23. The molecular weight excluding hydrogens is 214 g/mol. The molecule has 0 unspecified atom stereocenters. The van der Waals surface area contributed by atoms with Crippen molar-refractivity contribution in [1.29, 1.82) is 0 Å². The highest BCUT2D eigenvalue weighted by Gasteiger charge is 2.14. The molecule has 0 saturated carbocycles. The van der Waals surface area contributed by atoms with Gasteiger partial charge in [0.15, 0.2) is 0 Å². The van der Waals surface area contributed by atoms with Gasteiger partial charge in [-0.3, -0.25) is 9.69 Å². The van der Waals surface area contributed by atoms with Crippen molar-refractivity contribution in [2.75, 3.05) is 11.9 Å². The molecule has 0 bridgehead atoms. The first-order valence-electron chi connectivity index (χ1n) is 5.30. The maximum absolute atomic E-state index is 12.1. The molecule has 4 heteroatoms. The van der Waals surface area contributed by atoms with Crippen LogP contribution in [0.4, 0.5) is 5.95 Å². The van der Waals surface area contributed by atoms with Gasteiger partial charge in [-0.15, -0.1) is 0 Å². The molecule has 1 aromatic heterocycles. The molecule has 1 heterocycles. The van der Waals surface area contributed by atoms with Crippen LogP contribution in [0, 0.1) is 6.92 Å². The summed E-state index contributed by atoms with van der Waals surface area (Å²) in [5, 5.41) is 0. The molecule has 0 saturated heterocycles. The lowest BCUT2D eigenvalue weighted by Crippen LogP contribution is -2.27. The quantitative estimate of drug-likeness (QED) is 0.789. The van der Waals surface area contributed by atoms with E-state index in [2.05, 4.69) is 9.97 Å². The van der Waals surface area contributed by atoms with Crippen LogP contribution in [-0.4, -0.2) is 22.9 Å². The number of hydrogen-bond acceptors (Lipinski definition) is 3. The first kappa shape index (κ1) is 11.3. The monoisotopic (exact) mass is 227 g/mol. The smallest absolute Gasteiger partial charge is 0.260 e. The first-order valence-corrected chi connectivity index (χ1v) is 5.30. The predicted molar refractivity (Wildman–Crippen MR) is 65.9 cm³/mol. The van der Waals surface area contributed by atoms with E-state index < -0.39 is 0 Å². The minimum absolute atomic E-state index is 0.115. The zero-order valence-electron chi connectivity index (χ0n) is 9.79. The molecule has 0 spiro atoms. The van der Waals surface area contributed by atoms with Crippen LogP contribution in [0.5, 0.6) is 0 Å². The molecule has 2 rings (SSSR count). The zero-order chi connectivity index (χ0) is 12.3. The summed E-state index contributed by atoms with van der Waals surface area (Å²) in [4.78, 5) is 21.6. The maximum Gasteiger partial charge on any atom is 0.260 e. The van der Waals surface area contributed by atoms with Crippen molar-refractivity contribution in [1.82, 2.24) is 9.97 Å². The van der Waals surface area contributed by atoms with Gasteiger partial charge < -0.3 is 0 Å². The summed E-state index contributed by atoms with van der Waals surface area (Å²) >= 11 is 0. The Morgan fingerprint density at radius 2 is 1.71 bits per heavy atom. The van der Waals surface area contributed by atoms with E-state index in [4.69, 9.17) is 0 Å². The lowest BCUT2D eigenvalue weighted by atomic mass is 10.1. The van der Waals surface area contributed by atoms with Gasteiger partial charge in [-0.2, -0.15) is 0 Å². The normalized spacial score (nSPS) is 10.0. The molecule has 86 valence electrons. The Morgan fingerprint density at radius 1 is 1.12 bits per heavy atom. The molecule has 0 N–H and O–H groups in total. The second-order valence-corrected chi connectivity index (χ2v) is 3.78. The number of anilines is 1. The number of aromatic nitrogens is 2. The lowest BCUT2D eigenvalue weighted by molar-refractivity contribution is 0.0991. The molecule has 0 radical (unpaired) electrons. The van der Waals surface area contributed by atoms with Gasteiger partial charge in [-0.1, -0.05) is 17.7 Å². The lowest BCUT2D eigenvalue weighted by Gasteiger charge is -2.14. The van der Waals surface area contributed by atoms with Crippen molar-refractivity contribution in [2.45, 2.75) is 6.92 Å². The van der Waals surface area contributed by atoms with E-state index in [1.807, 2.05) is 19.1 Å². The summed E-state index contributed by atoms with van der Waals surface area (Å²) < 4.78 is 0. The van der Waals surface area contributed by atoms with E-state index in [0.29, 0.717) is 11.5 Å². The van der Waals surface area contributed by atoms with Crippen LogP contribution in [0.15, 0.2) is 42.7 Å². The van der Waals surface area contributed by atoms with Crippen molar-refractivity contribution >= 4 is 11.9 Å². The molecule has 0 atom stereocenters. The van der Waals surface area contributed by atoms with Crippen LogP contribution in [0.1, 0.15) is 15.9 Å². The SMILES string of the molecule is Cc1ccc(C(=O)N(C)c2ncccn2)cc1. The van der Waals surface area contributed by atoms with Gasteiger partial charge >= 0.3 is 0 Å². The van der Waals surface area contributed by atoms with E-state index in [9.17, 15) is 4.79 Å². The van der Waals surface area contributed by atoms with Crippen LogP contribution in [-0.2, 0) is 0 Å². The van der Waals surface area contributed by atoms with Gasteiger partial charge in [0.25, 0.3) is 5.91 Å². The Kier molecular flexibility index (Phi) is 3.14. The number of nitrogens with zero attached hydrogens (tertiary/aromatic N) is 3. The van der Waals surface area contributed by atoms with E-state index in [0.717, 1.165) is 5.56 Å². The molecule has 0 fully saturated rings. The zero-order valence-corrected chi connectivity index (χ0v) is 9.79. The maximum atomic E-state index is 12.1. The van der Waals surface area contributed by atoms with Crippen molar-refractivity contribution in [2.24, 2.45) is 0 Å². The number of aryl methyl sites for hydroxylation is 1. The van der Waals surface area contributed by atoms with Gasteiger partial charge in [0.1, 0.15) is 0 Å². The molecule has 0 aliphatic heterocycles. The van der Waals surface area contributed by atoms with Gasteiger partial charge in [0, 0.05) is 25.0 Å². The third kappa shape index (κ3) is 2.47. The van der Waals surface area contributed by atoms with Crippen LogP contribution >= 0.6 is 0 Å². The third-order valence-electron chi connectivity index (χ3n) is 2.46. The number of carbonyl (C=O) groups is 1. The minimum atomic E-state index is -0.115. The highest BCUT2D eigenvalue weighted by Crippen LogP contribution is 2.10. The summed E-state index contributed by atoms with van der Waals surface area (Å²) in [5.74, 6) is 0.286. The summed E-state index contributed by atoms with van der Waals surface area (Å²) in [6.07, 6.45) is 3.22. The molecule has 0 aliphatic carbocycles. The van der Waals surface area contributed by atoms with E-state index in [1.54, 1.807) is 37.6 Å². The third-order valence-corrected chi connectivity index (χ3v) is 2.46. The molecule has 1 amide bonds. The number of benzene rings is 1. The topological polar surface area (TPSA) is 46.1 Å². The Morgan fingerprint density at radius 3 is 2.29 bits per heavy atom. The van der Waals surface area contributed by atoms with Crippen LogP contribution in [0.3, 0.4) is 0 Å². The van der Waals surface area contributed by atoms with Crippen molar-refractivity contribution in [3.05, 3.63) is 53.9 Å². The second-order valence-electron chi connectivity index (χ2n) is 3.78. The Balaban J connectivity index is 2.23. The van der Waals surface area contributed by atoms with Crippen molar-refractivity contribution in [3.63, 3.8) is 0 Å². The number of carbonyl (C=O) groups excluding carboxylic acids is 1. The average Bonchev–Trinajstić information content (AvgIpc) is 2.39. The molecule has 0 aliphatic rings. The fourth-order valence-corrected chi connectivity index (χ4v) is 1.45. The van der Waals surface area contributed by atoms with Gasteiger partial charge in [0.2, 0.25) is 5.95 Å². The number of rotatable bonds is 2. The average molecular weight is 227 g/mol. The van der Waals surface area contributed by atoms with Crippen LogP contribution < -0.4 is 4.90 Å². The van der Waals surface area contributed by atoms with Gasteiger partial charge in [0.05, 0.1) is 0 Å². The van der Waals surface area contributed by atoms with E-state index in [1.165, 1.54) is 4.90 Å². The van der Waals surface area contributed by atoms with Crippen LogP contribution in [0.2, 0.25) is 0 Å². The van der Waals surface area contributed by atoms with Gasteiger partial charge in [-0.25, -0.2) is 9.97 Å². The summed E-state index contributed by atoms with van der Waals surface area (Å²) in [6, 6.07) is 9.14. The molecule has 4 nitrogen and oxygen atoms in total. The largest absolute Gasteiger partial charge is 0.280 e. The van der Waals surface area contributed by atoms with Crippen molar-refractivity contribution < 1.29 is 4.79 Å². The predicted octanol–water partition coefficient (Wildman–Crippen LogP) is 2.06. The molecule has 17 heavy (non-hydrogen) atoms. The number of hydrogen-bond donors (Lipinski definition) is 0. The van der Waals surface area contributed by atoms with E-state index in [-0.39, 0.29) is 5.91 Å². The fraction of sp³-hybridized carbons (Fsp3) is 0.154. The summed E-state index contributed by atoms with van der Waals surface area (Å²) in [7, 11) is 1.66. The van der Waals surface area contributed by atoms with Gasteiger partial charge in [-0.05, 0) is 25.1 Å². The first-order chi connectivity index (χ1) is 8.18. The molecule has 2 aromatic rings. The Labute approximate surface area is 99.9 Å². The Bertz CT molecular complexity index is 508. The highest BCUT2D eigenvalue weighted by atomic mass is 16.2. The second kappa shape index (κ2) is 4.74. The van der Waals surface area contributed by atoms with E-state index >= 15 is 0 Å². The number of amides is 1. The fourth-order valence-electron chi connectivity index (χ4n) is 1.45. The van der Waals surface area contributed by atoms with Crippen LogP contribution in [0.25, 0.3) is 0 Å². The summed E-state index contributed by atoms with van der Waals surface area (Å²) in [6.45, 7) is 1.98. The minimum Gasteiger partial charge on any atom is -0.280 e. The summed E-state index contributed by atoms with van der Waals surface area (Å²) in [5.41, 5.74) is 1.76. The standard InChI is InChI=1S/C13H13N3O/c1-10-4-6-11(7-5-10)12(17)16(2)13-14-8-3-9-15-13/h3-9H,1-2H3. The molecular formula is C13H13N3O.